The number of rotatable bonds is 7. The van der Waals surface area contributed by atoms with Crippen molar-refractivity contribution in [2.75, 3.05) is 6.61 Å². The van der Waals surface area contributed by atoms with E-state index in [1.807, 2.05) is 0 Å². The SMILES string of the molecule is C[Si](C)(C)CCOCn1nc(C(=O)O)c2cc([N+](=O)[O-])ccc21. The summed E-state index contributed by atoms with van der Waals surface area (Å²) in [6.07, 6.45) is 0. The van der Waals surface area contributed by atoms with E-state index in [1.165, 1.54) is 22.9 Å². The van der Waals surface area contributed by atoms with Gasteiger partial charge < -0.3 is 9.84 Å². The number of aromatic nitrogens is 2. The third kappa shape index (κ3) is 4.14. The van der Waals surface area contributed by atoms with E-state index >= 15 is 0 Å². The van der Waals surface area contributed by atoms with Crippen LogP contribution in [0, 0.1) is 10.1 Å². The Bertz CT molecular complexity index is 751. The van der Waals surface area contributed by atoms with Gasteiger partial charge in [0.25, 0.3) is 5.69 Å². The van der Waals surface area contributed by atoms with Crippen molar-refractivity contribution in [2.24, 2.45) is 0 Å². The summed E-state index contributed by atoms with van der Waals surface area (Å²) in [4.78, 5) is 21.6. The fourth-order valence-corrected chi connectivity index (χ4v) is 2.82. The van der Waals surface area contributed by atoms with E-state index in [2.05, 4.69) is 24.7 Å². The molecule has 9 heteroatoms. The summed E-state index contributed by atoms with van der Waals surface area (Å²) < 4.78 is 7.01. The zero-order valence-corrected chi connectivity index (χ0v) is 14.3. The molecular formula is C14H19N3O5Si. The molecule has 1 aromatic heterocycles. The van der Waals surface area contributed by atoms with E-state index in [1.54, 1.807) is 0 Å². The fraction of sp³-hybridized carbons (Fsp3) is 0.429. The van der Waals surface area contributed by atoms with Crippen LogP contribution in [0.15, 0.2) is 18.2 Å². The van der Waals surface area contributed by atoms with Gasteiger partial charge in [0.15, 0.2) is 5.69 Å². The van der Waals surface area contributed by atoms with Gasteiger partial charge in [-0.05, 0) is 12.1 Å². The van der Waals surface area contributed by atoms with E-state index in [4.69, 9.17) is 4.74 Å². The molecule has 2 rings (SSSR count). The van der Waals surface area contributed by atoms with Crippen LogP contribution < -0.4 is 0 Å². The standard InChI is InChI=1S/C14H19N3O5Si/c1-23(2,3)7-6-22-9-16-12-5-4-10(17(20)21)8-11(12)13(15-16)14(18)19/h4-5,8H,6-7,9H2,1-3H3,(H,18,19). The van der Waals surface area contributed by atoms with Crippen molar-refractivity contribution in [3.8, 4) is 0 Å². The van der Waals surface area contributed by atoms with Crippen LogP contribution in [0.5, 0.6) is 0 Å². The minimum Gasteiger partial charge on any atom is -0.476 e. The lowest BCUT2D eigenvalue weighted by Gasteiger charge is -2.15. The third-order valence-electron chi connectivity index (χ3n) is 3.36. The number of nitro benzene ring substituents is 1. The minimum absolute atomic E-state index is 0.117. The van der Waals surface area contributed by atoms with E-state index in [0.29, 0.717) is 12.1 Å². The third-order valence-corrected chi connectivity index (χ3v) is 5.06. The molecule has 0 atom stereocenters. The smallest absolute Gasteiger partial charge is 0.357 e. The summed E-state index contributed by atoms with van der Waals surface area (Å²) in [5.41, 5.74) is 0.123. The van der Waals surface area contributed by atoms with Gasteiger partial charge in [-0.1, -0.05) is 19.6 Å². The molecule has 0 bridgehead atoms. The Hall–Kier alpha value is -2.26. The number of benzene rings is 1. The molecule has 2 aromatic rings. The van der Waals surface area contributed by atoms with Gasteiger partial charge in [-0.3, -0.25) is 10.1 Å². The molecule has 0 amide bonds. The molecule has 1 heterocycles. The number of carbonyl (C=O) groups is 1. The van der Waals surface area contributed by atoms with Crippen LogP contribution in [-0.4, -0.2) is 40.5 Å². The number of hydrogen-bond acceptors (Lipinski definition) is 5. The van der Waals surface area contributed by atoms with Crippen LogP contribution in [0.1, 0.15) is 10.5 Å². The topological polar surface area (TPSA) is 107 Å². The number of aromatic carboxylic acids is 1. The second-order valence-corrected chi connectivity index (χ2v) is 12.1. The number of non-ortho nitro benzene ring substituents is 1. The molecule has 8 nitrogen and oxygen atoms in total. The summed E-state index contributed by atoms with van der Waals surface area (Å²) in [7, 11) is -1.21. The molecule has 124 valence electrons. The molecule has 0 saturated carbocycles. The summed E-state index contributed by atoms with van der Waals surface area (Å²) in [5, 5.41) is 24.3. The van der Waals surface area contributed by atoms with Gasteiger partial charge in [0.2, 0.25) is 0 Å². The molecular weight excluding hydrogens is 318 g/mol. The van der Waals surface area contributed by atoms with Crippen molar-refractivity contribution in [3.05, 3.63) is 34.0 Å². The van der Waals surface area contributed by atoms with Crippen molar-refractivity contribution in [3.63, 3.8) is 0 Å². The molecule has 0 aliphatic carbocycles. The summed E-state index contributed by atoms with van der Waals surface area (Å²) in [6, 6.07) is 5.04. The van der Waals surface area contributed by atoms with Crippen molar-refractivity contribution < 1.29 is 19.6 Å². The normalized spacial score (nSPS) is 11.8. The Morgan fingerprint density at radius 2 is 2.13 bits per heavy atom. The zero-order valence-electron chi connectivity index (χ0n) is 13.3. The van der Waals surface area contributed by atoms with E-state index in [-0.39, 0.29) is 23.5 Å². The van der Waals surface area contributed by atoms with Crippen LogP contribution >= 0.6 is 0 Å². The Morgan fingerprint density at radius 1 is 1.43 bits per heavy atom. The first-order chi connectivity index (χ1) is 10.7. The molecule has 23 heavy (non-hydrogen) atoms. The van der Waals surface area contributed by atoms with Crippen LogP contribution in [0.25, 0.3) is 10.9 Å². The first-order valence-electron chi connectivity index (χ1n) is 7.15. The Balaban J connectivity index is 2.26. The maximum Gasteiger partial charge on any atom is 0.357 e. The van der Waals surface area contributed by atoms with Crippen LogP contribution in [0.2, 0.25) is 25.7 Å². The van der Waals surface area contributed by atoms with Crippen molar-refractivity contribution in [1.29, 1.82) is 0 Å². The number of ether oxygens (including phenoxy) is 1. The lowest BCUT2D eigenvalue weighted by Crippen LogP contribution is -2.22. The Kier molecular flexibility index (Phi) is 4.81. The average Bonchev–Trinajstić information content (AvgIpc) is 2.80. The van der Waals surface area contributed by atoms with Crippen LogP contribution in [0.4, 0.5) is 5.69 Å². The van der Waals surface area contributed by atoms with Crippen molar-refractivity contribution in [2.45, 2.75) is 32.4 Å². The summed E-state index contributed by atoms with van der Waals surface area (Å²) in [5.74, 6) is -1.23. The second-order valence-electron chi connectivity index (χ2n) is 6.46. The van der Waals surface area contributed by atoms with Gasteiger partial charge in [0, 0.05) is 32.2 Å². The number of carboxylic acids is 1. The number of carboxylic acid groups (broad SMARTS) is 1. The molecule has 1 aromatic carbocycles. The maximum atomic E-state index is 11.3. The first-order valence-corrected chi connectivity index (χ1v) is 10.9. The van der Waals surface area contributed by atoms with Crippen molar-refractivity contribution >= 4 is 30.6 Å². The first kappa shape index (κ1) is 17.1. The largest absolute Gasteiger partial charge is 0.476 e. The number of nitrogens with zero attached hydrogens (tertiary/aromatic N) is 3. The molecule has 0 aliphatic heterocycles. The highest BCUT2D eigenvalue weighted by molar-refractivity contribution is 6.76. The second kappa shape index (κ2) is 6.47. The van der Waals surface area contributed by atoms with Gasteiger partial charge in [-0.15, -0.1) is 0 Å². The van der Waals surface area contributed by atoms with E-state index in [0.717, 1.165) is 6.04 Å². The average molecular weight is 337 g/mol. The van der Waals surface area contributed by atoms with Gasteiger partial charge in [0.05, 0.1) is 10.4 Å². The highest BCUT2D eigenvalue weighted by atomic mass is 28.3. The minimum atomic E-state index is -1.23. The molecule has 0 radical (unpaired) electrons. The predicted octanol–water partition coefficient (Wildman–Crippen LogP) is 2.96. The lowest BCUT2D eigenvalue weighted by molar-refractivity contribution is -0.384. The van der Waals surface area contributed by atoms with Crippen molar-refractivity contribution in [1.82, 2.24) is 9.78 Å². The Labute approximate surface area is 133 Å². The fourth-order valence-electron chi connectivity index (χ4n) is 2.07. The molecule has 0 fully saturated rings. The van der Waals surface area contributed by atoms with Gasteiger partial charge in [-0.2, -0.15) is 5.10 Å². The van der Waals surface area contributed by atoms with Gasteiger partial charge >= 0.3 is 5.97 Å². The molecule has 1 N–H and O–H groups in total. The maximum absolute atomic E-state index is 11.3. The predicted molar refractivity (Wildman–Crippen MR) is 87.5 cm³/mol. The quantitative estimate of drug-likeness (QED) is 0.360. The molecule has 0 unspecified atom stereocenters. The molecule has 0 saturated heterocycles. The van der Waals surface area contributed by atoms with Gasteiger partial charge in [-0.25, -0.2) is 9.48 Å². The number of nitro groups is 1. The van der Waals surface area contributed by atoms with E-state index < -0.39 is 19.0 Å². The highest BCUT2D eigenvalue weighted by Crippen LogP contribution is 2.24. The van der Waals surface area contributed by atoms with Crippen LogP contribution in [-0.2, 0) is 11.5 Å². The highest BCUT2D eigenvalue weighted by Gasteiger charge is 2.19. The monoisotopic (exact) mass is 337 g/mol. The number of fused-ring (bicyclic) bond motifs is 1. The summed E-state index contributed by atoms with van der Waals surface area (Å²) in [6.45, 7) is 7.41. The Morgan fingerprint density at radius 3 is 2.70 bits per heavy atom. The summed E-state index contributed by atoms with van der Waals surface area (Å²) >= 11 is 0. The molecule has 0 aliphatic rings. The zero-order chi connectivity index (χ0) is 17.2. The van der Waals surface area contributed by atoms with Crippen LogP contribution in [0.3, 0.4) is 0 Å². The van der Waals surface area contributed by atoms with E-state index in [9.17, 15) is 20.0 Å². The van der Waals surface area contributed by atoms with Gasteiger partial charge in [0.1, 0.15) is 6.73 Å². The lowest BCUT2D eigenvalue weighted by atomic mass is 10.2. The molecule has 0 spiro atoms. The number of hydrogen-bond donors (Lipinski definition) is 1.